The minimum atomic E-state index is -1.32. The fourth-order valence-corrected chi connectivity index (χ4v) is 4.38. The molecule has 184 valence electrons. The number of fused-ring (bicyclic) bond motifs is 2. The predicted molar refractivity (Wildman–Crippen MR) is 121 cm³/mol. The van der Waals surface area contributed by atoms with Gasteiger partial charge in [-0.25, -0.2) is 22.4 Å². The van der Waals surface area contributed by atoms with E-state index in [-0.39, 0.29) is 41.9 Å². The Balaban J connectivity index is 1.51. The summed E-state index contributed by atoms with van der Waals surface area (Å²) in [6.45, 7) is 1.21. The molecule has 10 nitrogen and oxygen atoms in total. The zero-order chi connectivity index (χ0) is 24.7. The Morgan fingerprint density at radius 1 is 1.34 bits per heavy atom. The molecule has 1 saturated heterocycles. The van der Waals surface area contributed by atoms with Crippen LogP contribution in [0.2, 0.25) is 0 Å². The first-order chi connectivity index (χ1) is 16.9. The standard InChI is InChI=1S/C22H23F3N8O2/c1-12(34)31-7-5-16(14(24)10-31)26-22-27-21(35-2)20-19(15(25)11-33(20)29-22)13-3-4-17-18(9-13)32(8-6-23)30-28-17/h3-4,9,11,14,16H,5-8,10H2,1-2H3,(H,26,29)/t14-,16+/m1/s1. The van der Waals surface area contributed by atoms with E-state index in [1.165, 1.54) is 34.3 Å². The summed E-state index contributed by atoms with van der Waals surface area (Å²) >= 11 is 0. The van der Waals surface area contributed by atoms with E-state index in [1.807, 2.05) is 0 Å². The highest BCUT2D eigenvalue weighted by molar-refractivity contribution is 5.89. The number of anilines is 1. The van der Waals surface area contributed by atoms with E-state index in [1.54, 1.807) is 18.2 Å². The van der Waals surface area contributed by atoms with Crippen molar-refractivity contribution in [3.8, 4) is 17.0 Å². The topological polar surface area (TPSA) is 102 Å². The maximum Gasteiger partial charge on any atom is 0.244 e. The quantitative estimate of drug-likeness (QED) is 0.445. The molecule has 35 heavy (non-hydrogen) atoms. The summed E-state index contributed by atoms with van der Waals surface area (Å²) in [5.74, 6) is -0.590. The summed E-state index contributed by atoms with van der Waals surface area (Å²) in [5.41, 5.74) is 2.08. The monoisotopic (exact) mass is 488 g/mol. The number of carbonyl (C=O) groups is 1. The van der Waals surface area contributed by atoms with Crippen LogP contribution in [0.5, 0.6) is 5.88 Å². The molecule has 0 bridgehead atoms. The zero-order valence-corrected chi connectivity index (χ0v) is 19.1. The van der Waals surface area contributed by atoms with Gasteiger partial charge in [-0.1, -0.05) is 11.3 Å². The van der Waals surface area contributed by atoms with Gasteiger partial charge < -0.3 is 15.0 Å². The van der Waals surface area contributed by atoms with Crippen molar-refractivity contribution in [2.24, 2.45) is 0 Å². The van der Waals surface area contributed by atoms with Crippen LogP contribution >= 0.6 is 0 Å². The van der Waals surface area contributed by atoms with Gasteiger partial charge in [0.15, 0.2) is 5.82 Å². The summed E-state index contributed by atoms with van der Waals surface area (Å²) in [5, 5.41) is 15.2. The van der Waals surface area contributed by atoms with E-state index in [4.69, 9.17) is 4.74 Å². The molecular weight excluding hydrogens is 465 g/mol. The van der Waals surface area contributed by atoms with Crippen molar-refractivity contribution >= 4 is 28.4 Å². The Morgan fingerprint density at radius 3 is 2.89 bits per heavy atom. The highest BCUT2D eigenvalue weighted by Gasteiger charge is 2.31. The van der Waals surface area contributed by atoms with Gasteiger partial charge in [-0.05, 0) is 24.1 Å². The van der Waals surface area contributed by atoms with Crippen LogP contribution in [0.25, 0.3) is 27.7 Å². The van der Waals surface area contributed by atoms with Gasteiger partial charge in [0.25, 0.3) is 0 Å². The largest absolute Gasteiger partial charge is 0.479 e. The number of aromatic nitrogens is 6. The molecule has 1 fully saturated rings. The third-order valence-electron chi connectivity index (χ3n) is 6.15. The molecule has 3 aromatic heterocycles. The molecule has 0 spiro atoms. The lowest BCUT2D eigenvalue weighted by molar-refractivity contribution is -0.131. The van der Waals surface area contributed by atoms with E-state index in [9.17, 15) is 13.6 Å². The van der Waals surface area contributed by atoms with Crippen LogP contribution in [0.3, 0.4) is 0 Å². The lowest BCUT2D eigenvalue weighted by Crippen LogP contribution is -2.49. The normalized spacial score (nSPS) is 18.4. The molecule has 5 rings (SSSR count). The summed E-state index contributed by atoms with van der Waals surface area (Å²) in [7, 11) is 1.40. The van der Waals surface area contributed by atoms with E-state index < -0.39 is 24.7 Å². The molecule has 1 aliphatic heterocycles. The second-order valence-electron chi connectivity index (χ2n) is 8.32. The number of carbonyl (C=O) groups excluding carboxylic acids is 1. The number of aryl methyl sites for hydroxylation is 1. The van der Waals surface area contributed by atoms with Gasteiger partial charge in [0.05, 0.1) is 43.5 Å². The molecule has 2 atom stereocenters. The molecule has 0 radical (unpaired) electrons. The van der Waals surface area contributed by atoms with Gasteiger partial charge in [0, 0.05) is 13.5 Å². The number of ether oxygens (including phenoxy) is 1. The minimum absolute atomic E-state index is 0.0228. The van der Waals surface area contributed by atoms with Crippen LogP contribution in [0.4, 0.5) is 19.1 Å². The third kappa shape index (κ3) is 4.10. The number of hydrogen-bond donors (Lipinski definition) is 1. The first-order valence-electron chi connectivity index (χ1n) is 11.1. The number of rotatable bonds is 6. The first-order valence-corrected chi connectivity index (χ1v) is 11.1. The van der Waals surface area contributed by atoms with Crippen LogP contribution in [0, 0.1) is 5.82 Å². The molecule has 1 N–H and O–H groups in total. The minimum Gasteiger partial charge on any atom is -0.479 e. The number of hydrogen-bond acceptors (Lipinski definition) is 7. The maximum atomic E-state index is 15.2. The van der Waals surface area contributed by atoms with E-state index in [2.05, 4.69) is 25.7 Å². The smallest absolute Gasteiger partial charge is 0.244 e. The van der Waals surface area contributed by atoms with E-state index in [0.717, 1.165) is 0 Å². The van der Waals surface area contributed by atoms with Gasteiger partial charge in [-0.15, -0.1) is 10.2 Å². The molecule has 0 aliphatic carbocycles. The van der Waals surface area contributed by atoms with Crippen LogP contribution in [0.15, 0.2) is 24.4 Å². The zero-order valence-electron chi connectivity index (χ0n) is 19.1. The predicted octanol–water partition coefficient (Wildman–Crippen LogP) is 2.63. The number of alkyl halides is 2. The highest BCUT2D eigenvalue weighted by Crippen LogP contribution is 2.35. The number of methoxy groups -OCH3 is 1. The summed E-state index contributed by atoms with van der Waals surface area (Å²) in [4.78, 5) is 17.3. The average molecular weight is 488 g/mol. The second kappa shape index (κ2) is 9.04. The molecule has 13 heteroatoms. The van der Waals surface area contributed by atoms with Crippen molar-refractivity contribution < 1.29 is 22.7 Å². The SMILES string of the molecule is COc1nc(N[C@H]2CCN(C(C)=O)C[C@H]2F)nn2cc(F)c(-c3ccc4nnn(CCF)c4c3)c12. The van der Waals surface area contributed by atoms with Crippen molar-refractivity contribution in [3.63, 3.8) is 0 Å². The Morgan fingerprint density at radius 2 is 2.17 bits per heavy atom. The van der Waals surface area contributed by atoms with Crippen molar-refractivity contribution in [1.82, 2.24) is 34.5 Å². The number of likely N-dealkylation sites (tertiary alicyclic amines) is 1. The Hall–Kier alpha value is -3.90. The van der Waals surface area contributed by atoms with Crippen molar-refractivity contribution in [1.29, 1.82) is 0 Å². The molecule has 4 heterocycles. The number of nitrogens with one attached hydrogen (secondary N) is 1. The maximum absolute atomic E-state index is 15.2. The van der Waals surface area contributed by atoms with Gasteiger partial charge in [-0.3, -0.25) is 4.79 Å². The Bertz CT molecular complexity index is 1400. The molecule has 4 aromatic rings. The van der Waals surface area contributed by atoms with Crippen LogP contribution in [-0.4, -0.2) is 79.5 Å². The van der Waals surface area contributed by atoms with Crippen molar-refractivity contribution in [3.05, 3.63) is 30.2 Å². The average Bonchev–Trinajstić information content (AvgIpc) is 3.39. The second-order valence-corrected chi connectivity index (χ2v) is 8.32. The van der Waals surface area contributed by atoms with Gasteiger partial charge in [-0.2, -0.15) is 4.98 Å². The summed E-state index contributed by atoms with van der Waals surface area (Å²) in [6, 6.07) is 4.41. The van der Waals surface area contributed by atoms with E-state index in [0.29, 0.717) is 29.6 Å². The van der Waals surface area contributed by atoms with Crippen LogP contribution < -0.4 is 10.1 Å². The van der Waals surface area contributed by atoms with E-state index >= 15 is 4.39 Å². The van der Waals surface area contributed by atoms with Gasteiger partial charge in [0.1, 0.15) is 23.9 Å². The Kier molecular flexibility index (Phi) is 5.91. The molecule has 1 aliphatic rings. The lowest BCUT2D eigenvalue weighted by atomic mass is 10.0. The molecule has 0 saturated carbocycles. The first kappa shape index (κ1) is 22.9. The molecule has 0 unspecified atom stereocenters. The number of piperidine rings is 1. The lowest BCUT2D eigenvalue weighted by Gasteiger charge is -2.34. The molecular formula is C22H23F3N8O2. The van der Waals surface area contributed by atoms with Gasteiger partial charge in [0.2, 0.25) is 17.7 Å². The summed E-state index contributed by atoms with van der Waals surface area (Å²) < 4.78 is 50.9. The van der Waals surface area contributed by atoms with Crippen LogP contribution in [-0.2, 0) is 11.3 Å². The number of amides is 1. The number of nitrogens with zero attached hydrogens (tertiary/aromatic N) is 7. The fraction of sp³-hybridized carbons (Fsp3) is 0.409. The highest BCUT2D eigenvalue weighted by atomic mass is 19.1. The Labute approximate surface area is 197 Å². The number of halogens is 3. The molecule has 1 amide bonds. The number of benzene rings is 1. The van der Waals surface area contributed by atoms with Crippen molar-refractivity contribution in [2.45, 2.75) is 32.1 Å². The fourth-order valence-electron chi connectivity index (χ4n) is 4.38. The van der Waals surface area contributed by atoms with Gasteiger partial charge >= 0.3 is 0 Å². The summed E-state index contributed by atoms with van der Waals surface area (Å²) in [6.07, 6.45) is 0.243. The van der Waals surface area contributed by atoms with Crippen molar-refractivity contribution in [2.75, 3.05) is 32.2 Å². The molecule has 1 aromatic carbocycles. The third-order valence-corrected chi connectivity index (χ3v) is 6.15. The van der Waals surface area contributed by atoms with Crippen LogP contribution in [0.1, 0.15) is 13.3 Å².